The van der Waals surface area contributed by atoms with Crippen molar-refractivity contribution in [3.63, 3.8) is 0 Å². The Morgan fingerprint density at radius 1 is 1.00 bits per heavy atom. The van der Waals surface area contributed by atoms with Gasteiger partial charge in [-0.25, -0.2) is 4.52 Å². The number of halogens is 3. The number of nitrogens with one attached hydrogen (secondary N) is 1. The molecule has 0 atom stereocenters. The molecule has 0 aliphatic heterocycles. The molecule has 142 valence electrons. The molecule has 0 saturated heterocycles. The third-order valence-electron chi connectivity index (χ3n) is 4.41. The second-order valence-electron chi connectivity index (χ2n) is 6.21. The van der Waals surface area contributed by atoms with Crippen LogP contribution in [0.2, 0.25) is 0 Å². The maximum atomic E-state index is 12.6. The highest BCUT2D eigenvalue weighted by Gasteiger charge is 2.30. The van der Waals surface area contributed by atoms with Crippen LogP contribution in [0.15, 0.2) is 59.4 Å². The maximum Gasteiger partial charge on any atom is 0.416 e. The zero-order valence-electron chi connectivity index (χ0n) is 14.5. The lowest BCUT2D eigenvalue weighted by Crippen LogP contribution is -2.19. The quantitative estimate of drug-likeness (QED) is 0.574. The average Bonchev–Trinajstić information content (AvgIpc) is 3.12. The van der Waals surface area contributed by atoms with Crippen LogP contribution < -0.4 is 10.9 Å². The van der Waals surface area contributed by atoms with Gasteiger partial charge in [-0.1, -0.05) is 12.1 Å². The van der Waals surface area contributed by atoms with E-state index in [1.54, 1.807) is 31.3 Å². The highest BCUT2D eigenvalue weighted by molar-refractivity contribution is 6.03. The second-order valence-corrected chi connectivity index (χ2v) is 6.21. The summed E-state index contributed by atoms with van der Waals surface area (Å²) in [5, 5.41) is 6.70. The molecule has 4 aromatic rings. The van der Waals surface area contributed by atoms with E-state index in [4.69, 9.17) is 0 Å². The molecule has 0 aliphatic rings. The topological polar surface area (TPSA) is 68.4 Å². The van der Waals surface area contributed by atoms with Crippen LogP contribution in [0.25, 0.3) is 16.6 Å². The number of fused-ring (bicyclic) bond motifs is 3. The van der Waals surface area contributed by atoms with E-state index in [0.29, 0.717) is 11.0 Å². The van der Waals surface area contributed by atoms with Gasteiger partial charge in [-0.3, -0.25) is 9.59 Å². The average molecular weight is 386 g/mol. The van der Waals surface area contributed by atoms with Gasteiger partial charge in [0.05, 0.1) is 16.6 Å². The first kappa shape index (κ1) is 17.8. The molecule has 0 radical (unpaired) electrons. The summed E-state index contributed by atoms with van der Waals surface area (Å²) in [4.78, 5) is 25.0. The number of alkyl halides is 3. The number of para-hydroxylation sites is 2. The largest absolute Gasteiger partial charge is 0.416 e. The van der Waals surface area contributed by atoms with Gasteiger partial charge in [0.1, 0.15) is 5.52 Å². The Kier molecular flexibility index (Phi) is 3.95. The van der Waals surface area contributed by atoms with Gasteiger partial charge in [0.25, 0.3) is 11.5 Å². The number of carbonyl (C=O) groups excluding carboxylic acids is 1. The molecule has 1 N–H and O–H groups in total. The standard InChI is InChI=1S/C19H13F3N4O2/c1-25-14-4-2-3-5-15(14)26-16(18(25)28)10-13(24-26)17(27)23-12-8-6-11(7-9-12)19(20,21)22/h2-10H,1H3,(H,23,27). The summed E-state index contributed by atoms with van der Waals surface area (Å²) in [6.45, 7) is 0. The highest BCUT2D eigenvalue weighted by Crippen LogP contribution is 2.29. The van der Waals surface area contributed by atoms with Crippen LogP contribution in [0.5, 0.6) is 0 Å². The van der Waals surface area contributed by atoms with E-state index >= 15 is 0 Å². The van der Waals surface area contributed by atoms with Crippen molar-refractivity contribution >= 4 is 28.1 Å². The molecule has 0 spiro atoms. The Morgan fingerprint density at radius 3 is 2.29 bits per heavy atom. The van der Waals surface area contributed by atoms with Crippen molar-refractivity contribution in [3.05, 3.63) is 76.2 Å². The fourth-order valence-corrected chi connectivity index (χ4v) is 2.97. The summed E-state index contributed by atoms with van der Waals surface area (Å²) in [6, 6.07) is 12.5. The molecule has 4 rings (SSSR count). The molecule has 1 amide bonds. The summed E-state index contributed by atoms with van der Waals surface area (Å²) < 4.78 is 40.7. The number of amides is 1. The first-order valence-corrected chi connectivity index (χ1v) is 8.22. The van der Waals surface area contributed by atoms with Gasteiger partial charge < -0.3 is 9.88 Å². The van der Waals surface area contributed by atoms with Crippen molar-refractivity contribution in [1.82, 2.24) is 14.2 Å². The van der Waals surface area contributed by atoms with E-state index in [0.717, 1.165) is 24.3 Å². The summed E-state index contributed by atoms with van der Waals surface area (Å²) in [7, 11) is 1.62. The Hall–Kier alpha value is -3.62. The number of rotatable bonds is 2. The summed E-state index contributed by atoms with van der Waals surface area (Å²) in [5.41, 5.74) is 0.555. The maximum absolute atomic E-state index is 12.6. The summed E-state index contributed by atoms with van der Waals surface area (Å²) >= 11 is 0. The van der Waals surface area contributed by atoms with Crippen molar-refractivity contribution in [2.45, 2.75) is 6.18 Å². The number of aromatic nitrogens is 3. The minimum Gasteiger partial charge on any atom is -0.321 e. The third-order valence-corrected chi connectivity index (χ3v) is 4.41. The molecule has 2 heterocycles. The van der Waals surface area contributed by atoms with Crippen molar-refractivity contribution in [2.75, 3.05) is 5.32 Å². The lowest BCUT2D eigenvalue weighted by Gasteiger charge is -2.08. The fourth-order valence-electron chi connectivity index (χ4n) is 2.97. The zero-order valence-corrected chi connectivity index (χ0v) is 14.5. The molecule has 0 bridgehead atoms. The minimum absolute atomic E-state index is 0.0200. The number of aryl methyl sites for hydroxylation is 1. The molecular weight excluding hydrogens is 373 g/mol. The molecule has 2 aromatic carbocycles. The first-order chi connectivity index (χ1) is 13.3. The van der Waals surface area contributed by atoms with E-state index in [1.165, 1.54) is 15.1 Å². The van der Waals surface area contributed by atoms with Gasteiger partial charge in [0, 0.05) is 18.8 Å². The lowest BCUT2D eigenvalue weighted by atomic mass is 10.2. The molecule has 0 aliphatic carbocycles. The van der Waals surface area contributed by atoms with Crippen LogP contribution in [0.3, 0.4) is 0 Å². The normalized spacial score (nSPS) is 11.9. The number of nitrogens with zero attached hydrogens (tertiary/aromatic N) is 3. The number of hydrogen-bond donors (Lipinski definition) is 1. The third kappa shape index (κ3) is 2.90. The Balaban J connectivity index is 1.71. The van der Waals surface area contributed by atoms with E-state index in [-0.39, 0.29) is 22.5 Å². The van der Waals surface area contributed by atoms with E-state index in [9.17, 15) is 22.8 Å². The van der Waals surface area contributed by atoms with Crippen molar-refractivity contribution < 1.29 is 18.0 Å². The lowest BCUT2D eigenvalue weighted by molar-refractivity contribution is -0.137. The molecule has 6 nitrogen and oxygen atoms in total. The Labute approximate surface area is 155 Å². The molecule has 0 fully saturated rings. The summed E-state index contributed by atoms with van der Waals surface area (Å²) in [6.07, 6.45) is -4.45. The summed E-state index contributed by atoms with van der Waals surface area (Å²) in [5.74, 6) is -0.630. The number of anilines is 1. The minimum atomic E-state index is -4.45. The van der Waals surface area contributed by atoms with Gasteiger partial charge in [0.15, 0.2) is 5.69 Å². The van der Waals surface area contributed by atoms with Crippen LogP contribution >= 0.6 is 0 Å². The van der Waals surface area contributed by atoms with Gasteiger partial charge in [-0.15, -0.1) is 0 Å². The zero-order chi connectivity index (χ0) is 20.1. The van der Waals surface area contributed by atoms with Gasteiger partial charge >= 0.3 is 6.18 Å². The number of hydrogen-bond acceptors (Lipinski definition) is 3. The molecule has 28 heavy (non-hydrogen) atoms. The number of carbonyl (C=O) groups is 1. The van der Waals surface area contributed by atoms with Crippen LogP contribution in [-0.4, -0.2) is 20.1 Å². The molecular formula is C19H13F3N4O2. The van der Waals surface area contributed by atoms with Crippen LogP contribution in [0.1, 0.15) is 16.1 Å². The fraction of sp³-hybridized carbons (Fsp3) is 0.105. The second kappa shape index (κ2) is 6.22. The van der Waals surface area contributed by atoms with E-state index in [2.05, 4.69) is 10.4 Å². The van der Waals surface area contributed by atoms with Crippen LogP contribution in [0, 0.1) is 0 Å². The van der Waals surface area contributed by atoms with Crippen LogP contribution in [-0.2, 0) is 13.2 Å². The smallest absolute Gasteiger partial charge is 0.321 e. The van der Waals surface area contributed by atoms with E-state index < -0.39 is 17.6 Å². The van der Waals surface area contributed by atoms with Crippen molar-refractivity contribution in [3.8, 4) is 0 Å². The SMILES string of the molecule is Cn1c(=O)c2cc(C(=O)Nc3ccc(C(F)(F)F)cc3)nn2c2ccccc21. The molecule has 0 saturated carbocycles. The van der Waals surface area contributed by atoms with Crippen molar-refractivity contribution in [1.29, 1.82) is 0 Å². The molecule has 0 unspecified atom stereocenters. The Morgan fingerprint density at radius 2 is 1.64 bits per heavy atom. The first-order valence-electron chi connectivity index (χ1n) is 8.22. The van der Waals surface area contributed by atoms with Gasteiger partial charge in [0.2, 0.25) is 0 Å². The van der Waals surface area contributed by atoms with Crippen molar-refractivity contribution in [2.24, 2.45) is 7.05 Å². The molecule has 2 aromatic heterocycles. The Bertz CT molecular complexity index is 1270. The number of benzene rings is 2. The predicted octanol–water partition coefficient (Wildman–Crippen LogP) is 3.46. The highest BCUT2D eigenvalue weighted by atomic mass is 19.4. The monoisotopic (exact) mass is 386 g/mol. The van der Waals surface area contributed by atoms with Gasteiger partial charge in [-0.2, -0.15) is 18.3 Å². The predicted molar refractivity (Wildman–Crippen MR) is 97.3 cm³/mol. The van der Waals surface area contributed by atoms with Crippen LogP contribution in [0.4, 0.5) is 18.9 Å². The molecule has 9 heteroatoms. The van der Waals surface area contributed by atoms with E-state index in [1.807, 2.05) is 0 Å². The van der Waals surface area contributed by atoms with Gasteiger partial charge in [-0.05, 0) is 36.4 Å².